The van der Waals surface area contributed by atoms with Gasteiger partial charge in [0.25, 0.3) is 11.6 Å². The second-order valence-electron chi connectivity index (χ2n) is 9.29. The predicted octanol–water partition coefficient (Wildman–Crippen LogP) is 5.97. The molecule has 1 aliphatic rings. The van der Waals surface area contributed by atoms with E-state index in [1.165, 1.54) is 18.2 Å². The van der Waals surface area contributed by atoms with Gasteiger partial charge in [0, 0.05) is 35.2 Å². The summed E-state index contributed by atoms with van der Waals surface area (Å²) in [6.45, 7) is 2.90. The zero-order valence-electron chi connectivity index (χ0n) is 20.5. The van der Waals surface area contributed by atoms with Crippen molar-refractivity contribution in [2.24, 2.45) is 0 Å². The minimum atomic E-state index is -0.502. The summed E-state index contributed by atoms with van der Waals surface area (Å²) in [7, 11) is 0. The first-order valence-corrected chi connectivity index (χ1v) is 13.2. The summed E-state index contributed by atoms with van der Waals surface area (Å²) in [6.07, 6.45) is 4.77. The Morgan fingerprint density at radius 1 is 1.00 bits per heavy atom. The summed E-state index contributed by atoms with van der Waals surface area (Å²) in [6, 6.07) is 17.6. The van der Waals surface area contributed by atoms with Crippen LogP contribution in [-0.4, -0.2) is 39.1 Å². The molecule has 188 valence electrons. The van der Waals surface area contributed by atoms with Crippen molar-refractivity contribution in [2.45, 2.75) is 58.2 Å². The highest BCUT2D eigenvalue weighted by Crippen LogP contribution is 2.26. The predicted molar refractivity (Wildman–Crippen MR) is 141 cm³/mol. The third kappa shape index (κ3) is 6.37. The molecule has 0 atom stereocenters. The number of hydrogen-bond donors (Lipinski definition) is 0. The van der Waals surface area contributed by atoms with Gasteiger partial charge in [0.2, 0.25) is 5.91 Å². The smallest absolute Gasteiger partial charge is 0.270 e. The highest BCUT2D eigenvalue weighted by molar-refractivity contribution is 7.10. The summed E-state index contributed by atoms with van der Waals surface area (Å²) in [4.78, 5) is 42.8. The SMILES string of the molecule is Cc1ccsc1CN(Cc1ccccc1)C(=O)CN(C(=O)c1cccc([N+](=O)[O-])c1)C1CCCCC1. The minimum absolute atomic E-state index is 0.0521. The van der Waals surface area contributed by atoms with Gasteiger partial charge in [-0.25, -0.2) is 0 Å². The number of nitrogens with zero attached hydrogens (tertiary/aromatic N) is 3. The number of nitro benzene ring substituents is 1. The lowest BCUT2D eigenvalue weighted by molar-refractivity contribution is -0.384. The van der Waals surface area contributed by atoms with Crippen molar-refractivity contribution in [3.8, 4) is 0 Å². The van der Waals surface area contributed by atoms with Gasteiger partial charge in [0.1, 0.15) is 6.54 Å². The van der Waals surface area contributed by atoms with Crippen molar-refractivity contribution >= 4 is 28.8 Å². The Bertz CT molecular complexity index is 1200. The van der Waals surface area contributed by atoms with Crippen molar-refractivity contribution in [1.82, 2.24) is 9.80 Å². The fourth-order valence-corrected chi connectivity index (χ4v) is 5.62. The highest BCUT2D eigenvalue weighted by atomic mass is 32.1. The molecule has 0 radical (unpaired) electrons. The second-order valence-corrected chi connectivity index (χ2v) is 10.3. The van der Waals surface area contributed by atoms with Crippen molar-refractivity contribution in [2.75, 3.05) is 6.54 Å². The third-order valence-corrected chi connectivity index (χ3v) is 7.77. The quantitative estimate of drug-likeness (QED) is 0.265. The maximum Gasteiger partial charge on any atom is 0.270 e. The van der Waals surface area contributed by atoms with Gasteiger partial charge in [-0.05, 0) is 48.4 Å². The maximum atomic E-state index is 13.8. The fourth-order valence-electron chi connectivity index (χ4n) is 4.70. The number of carbonyl (C=O) groups is 2. The van der Waals surface area contributed by atoms with E-state index in [9.17, 15) is 19.7 Å². The van der Waals surface area contributed by atoms with Crippen LogP contribution in [0.2, 0.25) is 0 Å². The summed E-state index contributed by atoms with van der Waals surface area (Å²) in [5.41, 5.74) is 2.28. The average Bonchev–Trinajstić information content (AvgIpc) is 3.31. The van der Waals surface area contributed by atoms with Gasteiger partial charge < -0.3 is 9.80 Å². The topological polar surface area (TPSA) is 83.8 Å². The monoisotopic (exact) mass is 505 g/mol. The van der Waals surface area contributed by atoms with Crippen LogP contribution in [0.1, 0.15) is 58.5 Å². The van der Waals surface area contributed by atoms with Crippen LogP contribution in [0.4, 0.5) is 5.69 Å². The van der Waals surface area contributed by atoms with Crippen molar-refractivity contribution in [3.05, 3.63) is 97.7 Å². The van der Waals surface area contributed by atoms with Gasteiger partial charge in [-0.15, -0.1) is 11.3 Å². The molecule has 0 N–H and O–H groups in total. The van der Waals surface area contributed by atoms with E-state index in [0.717, 1.165) is 48.1 Å². The molecule has 0 unspecified atom stereocenters. The van der Waals surface area contributed by atoms with Crippen molar-refractivity contribution in [3.63, 3.8) is 0 Å². The summed E-state index contributed by atoms with van der Waals surface area (Å²) in [5.74, 6) is -0.457. The van der Waals surface area contributed by atoms with E-state index in [0.29, 0.717) is 13.1 Å². The van der Waals surface area contributed by atoms with Crippen LogP contribution in [0.3, 0.4) is 0 Å². The van der Waals surface area contributed by atoms with E-state index < -0.39 is 4.92 Å². The molecule has 1 fully saturated rings. The number of rotatable bonds is 9. The van der Waals surface area contributed by atoms with Crippen LogP contribution in [0, 0.1) is 17.0 Å². The summed E-state index contributed by atoms with van der Waals surface area (Å²) < 4.78 is 0. The molecule has 36 heavy (non-hydrogen) atoms. The maximum absolute atomic E-state index is 13.8. The van der Waals surface area contributed by atoms with Crippen LogP contribution >= 0.6 is 11.3 Å². The van der Waals surface area contributed by atoms with Crippen LogP contribution in [0.25, 0.3) is 0 Å². The van der Waals surface area contributed by atoms with Gasteiger partial charge in [-0.2, -0.15) is 0 Å². The van der Waals surface area contributed by atoms with E-state index >= 15 is 0 Å². The number of amides is 2. The Morgan fingerprint density at radius 3 is 2.42 bits per heavy atom. The lowest BCUT2D eigenvalue weighted by atomic mass is 9.93. The highest BCUT2D eigenvalue weighted by Gasteiger charge is 2.30. The number of nitro groups is 1. The molecule has 8 heteroatoms. The van der Waals surface area contributed by atoms with E-state index in [4.69, 9.17) is 0 Å². The number of benzene rings is 2. The largest absolute Gasteiger partial charge is 0.332 e. The number of hydrogen-bond acceptors (Lipinski definition) is 5. The summed E-state index contributed by atoms with van der Waals surface area (Å²) in [5, 5.41) is 13.3. The molecule has 1 saturated carbocycles. The Morgan fingerprint density at radius 2 is 1.75 bits per heavy atom. The Hall–Kier alpha value is -3.52. The molecular formula is C28H31N3O4S. The molecule has 0 aliphatic heterocycles. The number of aryl methyl sites for hydroxylation is 1. The standard InChI is InChI=1S/C28H31N3O4S/c1-21-15-16-36-26(21)19-29(18-22-9-4-2-5-10-22)27(32)20-30(24-12-6-3-7-13-24)28(33)23-11-8-14-25(17-23)31(34)35/h2,4-5,8-11,14-17,24H,3,6-7,12-13,18-20H2,1H3. The molecule has 7 nitrogen and oxygen atoms in total. The molecule has 0 bridgehead atoms. The van der Waals surface area contributed by atoms with Crippen molar-refractivity contribution < 1.29 is 14.5 Å². The lowest BCUT2D eigenvalue weighted by Crippen LogP contribution is -2.48. The molecule has 1 aromatic heterocycles. The Labute approximate surface area is 215 Å². The molecule has 2 amide bonds. The first kappa shape index (κ1) is 25.6. The Kier molecular flexibility index (Phi) is 8.48. The van der Waals surface area contributed by atoms with Gasteiger partial charge in [0.15, 0.2) is 0 Å². The van der Waals surface area contributed by atoms with Crippen molar-refractivity contribution in [1.29, 1.82) is 0 Å². The number of carbonyl (C=O) groups excluding carboxylic acids is 2. The van der Waals surface area contributed by atoms with E-state index in [-0.39, 0.29) is 35.7 Å². The molecule has 2 aromatic carbocycles. The van der Waals surface area contributed by atoms with Gasteiger partial charge >= 0.3 is 0 Å². The average molecular weight is 506 g/mol. The first-order chi connectivity index (χ1) is 17.4. The van der Waals surface area contributed by atoms with E-state index in [1.54, 1.807) is 22.3 Å². The second kappa shape index (κ2) is 11.9. The normalized spacial score (nSPS) is 13.8. The zero-order valence-corrected chi connectivity index (χ0v) is 21.3. The number of non-ortho nitro benzene ring substituents is 1. The molecule has 1 heterocycles. The van der Waals surface area contributed by atoms with E-state index in [2.05, 4.69) is 0 Å². The third-order valence-electron chi connectivity index (χ3n) is 6.76. The zero-order chi connectivity index (χ0) is 25.5. The van der Waals surface area contributed by atoms with E-state index in [1.807, 2.05) is 53.6 Å². The fraction of sp³-hybridized carbons (Fsp3) is 0.357. The van der Waals surface area contributed by atoms with Gasteiger partial charge in [0.05, 0.1) is 11.5 Å². The van der Waals surface area contributed by atoms with Crippen LogP contribution in [0.5, 0.6) is 0 Å². The molecule has 1 aliphatic carbocycles. The number of thiophene rings is 1. The molecule has 0 saturated heterocycles. The molecular weight excluding hydrogens is 474 g/mol. The van der Waals surface area contributed by atoms with Gasteiger partial charge in [-0.1, -0.05) is 55.7 Å². The van der Waals surface area contributed by atoms with Crippen LogP contribution < -0.4 is 0 Å². The first-order valence-electron chi connectivity index (χ1n) is 12.3. The van der Waals surface area contributed by atoms with Crippen LogP contribution in [-0.2, 0) is 17.9 Å². The lowest BCUT2D eigenvalue weighted by Gasteiger charge is -2.35. The Balaban J connectivity index is 1.61. The van der Waals surface area contributed by atoms with Gasteiger partial charge in [-0.3, -0.25) is 19.7 Å². The molecule has 0 spiro atoms. The molecule has 4 rings (SSSR count). The minimum Gasteiger partial charge on any atom is -0.332 e. The molecule has 3 aromatic rings. The van der Waals surface area contributed by atoms with Crippen LogP contribution in [0.15, 0.2) is 66.0 Å². The summed E-state index contributed by atoms with van der Waals surface area (Å²) >= 11 is 1.62.